The Hall–Kier alpha value is -3.13. The minimum atomic E-state index is -0.603. The van der Waals surface area contributed by atoms with Gasteiger partial charge in [-0.15, -0.1) is 0 Å². The number of nitrogens with zero attached hydrogens (tertiary/aromatic N) is 2. The molecule has 0 saturated heterocycles. The van der Waals surface area contributed by atoms with E-state index in [4.69, 9.17) is 9.93 Å². The number of hydrogen-bond donors (Lipinski definition) is 4. The predicted octanol–water partition coefficient (Wildman–Crippen LogP) is 3.11. The van der Waals surface area contributed by atoms with Crippen molar-refractivity contribution in [3.05, 3.63) is 47.4 Å². The first kappa shape index (κ1) is 16.7. The highest BCUT2D eigenvalue weighted by atomic mass is 19.1. The zero-order chi connectivity index (χ0) is 18.3. The van der Waals surface area contributed by atoms with Crippen molar-refractivity contribution in [1.29, 1.82) is 5.41 Å². The summed E-state index contributed by atoms with van der Waals surface area (Å²) in [6.45, 7) is 3.47. The molecule has 0 atom stereocenters. The second kappa shape index (κ2) is 6.06. The molecule has 25 heavy (non-hydrogen) atoms. The first-order valence-electron chi connectivity index (χ1n) is 7.45. The number of halogens is 1. The number of hydrogen-bond acceptors (Lipinski definition) is 5. The molecular formula is C17H17FN4O3. The first-order valence-corrected chi connectivity index (χ1v) is 7.45. The van der Waals surface area contributed by atoms with E-state index >= 15 is 0 Å². The van der Waals surface area contributed by atoms with Gasteiger partial charge in [0.25, 0.3) is 0 Å². The zero-order valence-electron chi connectivity index (χ0n) is 13.9. The van der Waals surface area contributed by atoms with Gasteiger partial charge in [-0.1, -0.05) is 5.16 Å². The number of nitrogens with one attached hydrogen (secondary N) is 2. The van der Waals surface area contributed by atoms with Crippen LogP contribution >= 0.6 is 0 Å². The molecule has 1 aromatic carbocycles. The van der Waals surface area contributed by atoms with Crippen molar-refractivity contribution in [2.75, 3.05) is 0 Å². The van der Waals surface area contributed by atoms with Crippen LogP contribution in [0.1, 0.15) is 17.1 Å². The number of phenols is 1. The van der Waals surface area contributed by atoms with E-state index in [0.29, 0.717) is 33.8 Å². The maximum Gasteiger partial charge on any atom is 0.167 e. The maximum atomic E-state index is 14.5. The van der Waals surface area contributed by atoms with Gasteiger partial charge in [-0.3, -0.25) is 16.1 Å². The summed E-state index contributed by atoms with van der Waals surface area (Å²) in [7, 11) is 1.69. The van der Waals surface area contributed by atoms with Crippen molar-refractivity contribution in [2.45, 2.75) is 13.8 Å². The molecule has 2 heterocycles. The summed E-state index contributed by atoms with van der Waals surface area (Å²) in [4.78, 5) is 0. The minimum Gasteiger partial charge on any atom is -0.508 e. The first-order chi connectivity index (χ1) is 11.8. The van der Waals surface area contributed by atoms with Gasteiger partial charge in [-0.25, -0.2) is 4.39 Å². The number of rotatable bonds is 3. The van der Waals surface area contributed by atoms with Crippen LogP contribution in [-0.4, -0.2) is 25.9 Å². The Labute approximate surface area is 142 Å². The lowest BCUT2D eigenvalue weighted by Crippen LogP contribution is -2.22. The van der Waals surface area contributed by atoms with Crippen LogP contribution in [0.4, 0.5) is 4.39 Å². The monoisotopic (exact) mass is 344 g/mol. The molecule has 0 aliphatic heterocycles. The van der Waals surface area contributed by atoms with E-state index in [1.807, 2.05) is 5.48 Å². The van der Waals surface area contributed by atoms with Crippen LogP contribution in [0.5, 0.6) is 5.75 Å². The van der Waals surface area contributed by atoms with Gasteiger partial charge in [-0.2, -0.15) is 0 Å². The van der Waals surface area contributed by atoms with Crippen LogP contribution in [0.25, 0.3) is 22.3 Å². The molecule has 0 fully saturated rings. The second-order valence-corrected chi connectivity index (χ2v) is 5.73. The van der Waals surface area contributed by atoms with Crippen LogP contribution < -0.4 is 5.48 Å². The summed E-state index contributed by atoms with van der Waals surface area (Å²) >= 11 is 0. The fourth-order valence-electron chi connectivity index (χ4n) is 3.00. The SMILES string of the molecule is Cc1noc(C)c1-c1c(-c2ccc(O)cc2F)cn(C)c1C(=N)NO. The maximum absolute atomic E-state index is 14.5. The Morgan fingerprint density at radius 2 is 2.00 bits per heavy atom. The summed E-state index contributed by atoms with van der Waals surface area (Å²) in [6.07, 6.45) is 1.65. The summed E-state index contributed by atoms with van der Waals surface area (Å²) in [5.74, 6) is -0.520. The quantitative estimate of drug-likeness (QED) is 0.332. The fourth-order valence-corrected chi connectivity index (χ4v) is 3.00. The van der Waals surface area contributed by atoms with E-state index in [1.165, 1.54) is 12.1 Å². The Morgan fingerprint density at radius 1 is 1.28 bits per heavy atom. The molecule has 2 aromatic heterocycles. The van der Waals surface area contributed by atoms with Crippen LogP contribution in [0.15, 0.2) is 28.9 Å². The Morgan fingerprint density at radius 3 is 2.56 bits per heavy atom. The van der Waals surface area contributed by atoms with Crippen molar-refractivity contribution in [1.82, 2.24) is 15.2 Å². The zero-order valence-corrected chi connectivity index (χ0v) is 13.9. The largest absolute Gasteiger partial charge is 0.508 e. The van der Waals surface area contributed by atoms with Gasteiger partial charge in [-0.05, 0) is 26.0 Å². The number of phenolic OH excluding ortho intramolecular Hbond substituents is 1. The molecule has 0 spiro atoms. The van der Waals surface area contributed by atoms with Crippen LogP contribution in [0, 0.1) is 25.1 Å². The lowest BCUT2D eigenvalue weighted by atomic mass is 9.95. The molecule has 7 nitrogen and oxygen atoms in total. The molecule has 8 heteroatoms. The second-order valence-electron chi connectivity index (χ2n) is 5.73. The Kier molecular flexibility index (Phi) is 4.05. The van der Waals surface area contributed by atoms with E-state index < -0.39 is 5.82 Å². The van der Waals surface area contributed by atoms with Gasteiger partial charge in [0.15, 0.2) is 5.84 Å². The van der Waals surface area contributed by atoms with Gasteiger partial charge < -0.3 is 14.2 Å². The van der Waals surface area contributed by atoms with E-state index in [9.17, 15) is 14.7 Å². The van der Waals surface area contributed by atoms with E-state index in [-0.39, 0.29) is 17.1 Å². The number of hydroxylamine groups is 1. The molecule has 0 radical (unpaired) electrons. The average Bonchev–Trinajstić information content (AvgIpc) is 3.06. The number of amidine groups is 1. The minimum absolute atomic E-state index is 0.180. The van der Waals surface area contributed by atoms with Crippen molar-refractivity contribution in [2.24, 2.45) is 7.05 Å². The molecule has 0 aliphatic carbocycles. The average molecular weight is 344 g/mol. The number of benzene rings is 1. The van der Waals surface area contributed by atoms with Gasteiger partial charge in [0.05, 0.1) is 17.0 Å². The topological polar surface area (TPSA) is 107 Å². The number of aromatic nitrogens is 2. The van der Waals surface area contributed by atoms with Gasteiger partial charge in [0.2, 0.25) is 0 Å². The van der Waals surface area contributed by atoms with Crippen molar-refractivity contribution >= 4 is 5.84 Å². The lowest BCUT2D eigenvalue weighted by molar-refractivity contribution is 0.233. The van der Waals surface area contributed by atoms with E-state index in [2.05, 4.69) is 5.16 Å². The van der Waals surface area contributed by atoms with Gasteiger partial charge in [0, 0.05) is 36.0 Å². The molecule has 0 unspecified atom stereocenters. The standard InChI is InChI=1S/C17H17FN4O3/c1-8-14(9(2)25-21-8)15-12(7-22(3)16(15)17(19)20-24)11-5-4-10(23)6-13(11)18/h4-7,23-24H,1-3H3,(H2,19,20). The van der Waals surface area contributed by atoms with Crippen molar-refractivity contribution < 1.29 is 19.2 Å². The Balaban J connectivity index is 2.39. The third kappa shape index (κ3) is 2.66. The number of aryl methyl sites for hydroxylation is 3. The van der Waals surface area contributed by atoms with E-state index in [1.54, 1.807) is 31.7 Å². The molecule has 0 saturated carbocycles. The highest BCUT2D eigenvalue weighted by Gasteiger charge is 2.26. The molecule has 0 amide bonds. The third-order valence-electron chi connectivity index (χ3n) is 4.06. The fraction of sp³-hybridized carbons (Fsp3) is 0.176. The summed E-state index contributed by atoms with van der Waals surface area (Å²) in [5.41, 5.74) is 4.63. The van der Waals surface area contributed by atoms with Crippen LogP contribution in [-0.2, 0) is 7.05 Å². The van der Waals surface area contributed by atoms with Crippen molar-refractivity contribution in [3.63, 3.8) is 0 Å². The molecule has 0 bridgehead atoms. The van der Waals surface area contributed by atoms with Crippen molar-refractivity contribution in [3.8, 4) is 28.0 Å². The molecule has 130 valence electrons. The molecule has 4 N–H and O–H groups in total. The summed E-state index contributed by atoms with van der Waals surface area (Å²) < 4.78 is 21.3. The van der Waals surface area contributed by atoms with Crippen LogP contribution in [0.3, 0.4) is 0 Å². The predicted molar refractivity (Wildman–Crippen MR) is 89.2 cm³/mol. The summed E-state index contributed by atoms with van der Waals surface area (Å²) in [5, 5.41) is 30.6. The molecule has 0 aliphatic rings. The van der Waals surface area contributed by atoms with Gasteiger partial charge >= 0.3 is 0 Å². The molecular weight excluding hydrogens is 327 g/mol. The third-order valence-corrected chi connectivity index (χ3v) is 4.06. The summed E-state index contributed by atoms with van der Waals surface area (Å²) in [6, 6.07) is 3.87. The number of aromatic hydroxyl groups is 1. The molecule has 3 aromatic rings. The smallest absolute Gasteiger partial charge is 0.167 e. The lowest BCUT2D eigenvalue weighted by Gasteiger charge is -2.10. The van der Waals surface area contributed by atoms with Gasteiger partial charge in [0.1, 0.15) is 17.3 Å². The normalized spacial score (nSPS) is 10.9. The van der Waals surface area contributed by atoms with E-state index in [0.717, 1.165) is 6.07 Å². The molecule has 3 rings (SSSR count). The highest BCUT2D eigenvalue weighted by Crippen LogP contribution is 2.40. The Bertz CT molecular complexity index is 955. The van der Waals surface area contributed by atoms with Crippen LogP contribution in [0.2, 0.25) is 0 Å². The highest BCUT2D eigenvalue weighted by molar-refractivity contribution is 6.05.